The number of hydrogen-bond donors (Lipinski definition) is 0. The number of aromatic nitrogens is 1. The maximum absolute atomic E-state index is 8.81. The molecule has 0 saturated heterocycles. The Morgan fingerprint density at radius 3 is 2.92 bits per heavy atom. The van der Waals surface area contributed by atoms with E-state index in [1.165, 1.54) is 12.8 Å². The Bertz CT molecular complexity index is 309. The maximum Gasteiger partial charge on any atom is 0.102 e. The van der Waals surface area contributed by atoms with Crippen molar-refractivity contribution in [2.45, 2.75) is 31.3 Å². The van der Waals surface area contributed by atoms with Gasteiger partial charge in [-0.2, -0.15) is 5.26 Å². The fourth-order valence-electron chi connectivity index (χ4n) is 1.28. The van der Waals surface area contributed by atoms with E-state index >= 15 is 0 Å². The fraction of sp³-hybridized carbons (Fsp3) is 0.500. The molecule has 0 saturated carbocycles. The van der Waals surface area contributed by atoms with Crippen LogP contribution in [0, 0.1) is 11.3 Å². The molecule has 0 fully saturated rings. The van der Waals surface area contributed by atoms with Crippen molar-refractivity contribution in [1.29, 1.82) is 5.26 Å². The minimum absolute atomic E-state index is 0.795. The van der Waals surface area contributed by atoms with Crippen LogP contribution in [0.25, 0.3) is 0 Å². The zero-order valence-corrected chi connectivity index (χ0v) is 8.90. The van der Waals surface area contributed by atoms with Crippen molar-refractivity contribution in [2.24, 2.45) is 0 Å². The smallest absolute Gasteiger partial charge is 0.102 e. The van der Waals surface area contributed by atoms with Crippen LogP contribution < -0.4 is 0 Å². The molecule has 0 spiro atoms. The van der Waals surface area contributed by atoms with Crippen molar-refractivity contribution >= 4 is 11.8 Å². The van der Waals surface area contributed by atoms with Gasteiger partial charge in [-0.1, -0.05) is 13.3 Å². The van der Waals surface area contributed by atoms with Gasteiger partial charge in [-0.25, -0.2) is 0 Å². The SMILES string of the molecule is CCCCn1ccc(C#N)c1SC. The van der Waals surface area contributed by atoms with Gasteiger partial charge in [0, 0.05) is 12.7 Å². The van der Waals surface area contributed by atoms with Crippen molar-refractivity contribution in [2.75, 3.05) is 6.26 Å². The van der Waals surface area contributed by atoms with Crippen LogP contribution in [0.3, 0.4) is 0 Å². The minimum Gasteiger partial charge on any atom is -0.342 e. The highest BCUT2D eigenvalue weighted by Gasteiger charge is 2.06. The molecule has 70 valence electrons. The average molecular weight is 194 g/mol. The van der Waals surface area contributed by atoms with Gasteiger partial charge in [-0.3, -0.25) is 0 Å². The number of nitrogens with zero attached hydrogens (tertiary/aromatic N) is 2. The van der Waals surface area contributed by atoms with Gasteiger partial charge >= 0.3 is 0 Å². The highest BCUT2D eigenvalue weighted by Crippen LogP contribution is 2.21. The van der Waals surface area contributed by atoms with Gasteiger partial charge in [0.25, 0.3) is 0 Å². The summed E-state index contributed by atoms with van der Waals surface area (Å²) in [6.45, 7) is 3.20. The zero-order chi connectivity index (χ0) is 9.68. The van der Waals surface area contributed by atoms with E-state index < -0.39 is 0 Å². The Morgan fingerprint density at radius 2 is 2.38 bits per heavy atom. The lowest BCUT2D eigenvalue weighted by Gasteiger charge is -2.05. The van der Waals surface area contributed by atoms with Crippen molar-refractivity contribution in [3.05, 3.63) is 17.8 Å². The van der Waals surface area contributed by atoms with E-state index in [-0.39, 0.29) is 0 Å². The third-order valence-corrected chi connectivity index (χ3v) is 2.82. The molecule has 0 aliphatic rings. The number of rotatable bonds is 4. The predicted octanol–water partition coefficient (Wildman–Crippen LogP) is 2.88. The molecule has 2 nitrogen and oxygen atoms in total. The first kappa shape index (κ1) is 10.2. The molecule has 0 aliphatic heterocycles. The molecule has 0 aliphatic carbocycles. The van der Waals surface area contributed by atoms with E-state index in [1.807, 2.05) is 18.5 Å². The highest BCUT2D eigenvalue weighted by molar-refractivity contribution is 7.98. The molecule has 0 aromatic carbocycles. The van der Waals surface area contributed by atoms with E-state index in [0.29, 0.717) is 0 Å². The molecular formula is C10H14N2S. The van der Waals surface area contributed by atoms with Gasteiger partial charge in [-0.05, 0) is 18.7 Å². The molecule has 0 radical (unpaired) electrons. The predicted molar refractivity (Wildman–Crippen MR) is 55.8 cm³/mol. The second kappa shape index (κ2) is 4.98. The number of nitriles is 1. The summed E-state index contributed by atoms with van der Waals surface area (Å²) in [4.78, 5) is 0. The van der Waals surface area contributed by atoms with Crippen molar-refractivity contribution in [3.63, 3.8) is 0 Å². The summed E-state index contributed by atoms with van der Waals surface area (Å²) < 4.78 is 2.16. The van der Waals surface area contributed by atoms with E-state index in [9.17, 15) is 0 Å². The van der Waals surface area contributed by atoms with E-state index in [4.69, 9.17) is 5.26 Å². The van der Waals surface area contributed by atoms with Crippen molar-refractivity contribution < 1.29 is 0 Å². The number of hydrogen-bond acceptors (Lipinski definition) is 2. The molecule has 1 heterocycles. The van der Waals surface area contributed by atoms with Crippen LogP contribution in [0.5, 0.6) is 0 Å². The summed E-state index contributed by atoms with van der Waals surface area (Å²) in [5, 5.41) is 9.91. The van der Waals surface area contributed by atoms with Gasteiger partial charge in [0.05, 0.1) is 10.6 Å². The first-order chi connectivity index (χ1) is 6.33. The third kappa shape index (κ3) is 2.28. The Morgan fingerprint density at radius 1 is 1.62 bits per heavy atom. The Kier molecular flexibility index (Phi) is 3.91. The van der Waals surface area contributed by atoms with E-state index in [1.54, 1.807) is 11.8 Å². The number of unbranched alkanes of at least 4 members (excludes halogenated alkanes) is 1. The molecule has 0 unspecified atom stereocenters. The van der Waals surface area contributed by atoms with Gasteiger partial charge in [-0.15, -0.1) is 11.8 Å². The lowest BCUT2D eigenvalue weighted by atomic mass is 10.3. The summed E-state index contributed by atoms with van der Waals surface area (Å²) in [5.74, 6) is 0. The van der Waals surface area contributed by atoms with E-state index in [0.717, 1.165) is 17.1 Å². The molecule has 1 rings (SSSR count). The topological polar surface area (TPSA) is 28.7 Å². The van der Waals surface area contributed by atoms with Gasteiger partial charge < -0.3 is 4.57 Å². The van der Waals surface area contributed by atoms with Crippen LogP contribution in [0.4, 0.5) is 0 Å². The Labute approximate surface area is 83.6 Å². The van der Waals surface area contributed by atoms with Crippen LogP contribution in [0.15, 0.2) is 17.3 Å². The summed E-state index contributed by atoms with van der Waals surface area (Å²) in [6.07, 6.45) is 6.37. The lowest BCUT2D eigenvalue weighted by molar-refractivity contribution is 0.598. The molecule has 1 aromatic heterocycles. The van der Waals surface area contributed by atoms with E-state index in [2.05, 4.69) is 17.6 Å². The fourth-order valence-corrected chi connectivity index (χ4v) is 2.00. The van der Waals surface area contributed by atoms with Crippen molar-refractivity contribution in [3.8, 4) is 6.07 Å². The average Bonchev–Trinajstić information content (AvgIpc) is 2.56. The monoisotopic (exact) mass is 194 g/mol. The van der Waals surface area contributed by atoms with Gasteiger partial charge in [0.2, 0.25) is 0 Å². The molecule has 1 aromatic rings. The largest absolute Gasteiger partial charge is 0.342 e. The molecule has 0 atom stereocenters. The van der Waals surface area contributed by atoms with Crippen molar-refractivity contribution in [1.82, 2.24) is 4.57 Å². The van der Waals surface area contributed by atoms with Crippen LogP contribution >= 0.6 is 11.8 Å². The summed E-state index contributed by atoms with van der Waals surface area (Å²) in [5.41, 5.74) is 0.795. The first-order valence-electron chi connectivity index (χ1n) is 4.46. The van der Waals surface area contributed by atoms with Crippen LogP contribution in [0.2, 0.25) is 0 Å². The molecular weight excluding hydrogens is 180 g/mol. The van der Waals surface area contributed by atoms with Crippen LogP contribution in [-0.2, 0) is 6.54 Å². The van der Waals surface area contributed by atoms with Crippen LogP contribution in [0.1, 0.15) is 25.3 Å². The number of aryl methyl sites for hydroxylation is 1. The quantitative estimate of drug-likeness (QED) is 0.689. The second-order valence-electron chi connectivity index (χ2n) is 2.90. The third-order valence-electron chi connectivity index (χ3n) is 1.98. The zero-order valence-electron chi connectivity index (χ0n) is 8.08. The molecule has 0 N–H and O–H groups in total. The summed E-state index contributed by atoms with van der Waals surface area (Å²) >= 11 is 1.64. The lowest BCUT2D eigenvalue weighted by Crippen LogP contribution is -1.97. The molecule has 13 heavy (non-hydrogen) atoms. The normalized spacial score (nSPS) is 9.92. The Hall–Kier alpha value is -0.880. The molecule has 3 heteroatoms. The maximum atomic E-state index is 8.81. The Balaban J connectivity index is 2.83. The minimum atomic E-state index is 0.795. The highest BCUT2D eigenvalue weighted by atomic mass is 32.2. The van der Waals surface area contributed by atoms with Crippen LogP contribution in [-0.4, -0.2) is 10.8 Å². The standard InChI is InChI=1S/C10H14N2S/c1-3-4-6-12-7-5-9(8-11)10(12)13-2/h5,7H,3-4,6H2,1-2H3. The molecule has 0 bridgehead atoms. The van der Waals surface area contributed by atoms with Gasteiger partial charge in [0.1, 0.15) is 6.07 Å². The van der Waals surface area contributed by atoms with Gasteiger partial charge in [0.15, 0.2) is 0 Å². The second-order valence-corrected chi connectivity index (χ2v) is 3.69. The number of thioether (sulfide) groups is 1. The first-order valence-corrected chi connectivity index (χ1v) is 5.69. The summed E-state index contributed by atoms with van der Waals surface area (Å²) in [6, 6.07) is 4.09. The molecule has 0 amide bonds. The summed E-state index contributed by atoms with van der Waals surface area (Å²) in [7, 11) is 0.